The minimum absolute atomic E-state index is 0.0977. The highest BCUT2D eigenvalue weighted by atomic mass is 16.3. The summed E-state index contributed by atoms with van der Waals surface area (Å²) >= 11 is 0. The van der Waals surface area contributed by atoms with Crippen LogP contribution in [-0.2, 0) is 6.54 Å². The minimum atomic E-state index is -0.276. The molecular weight excluding hydrogens is 332 g/mol. The summed E-state index contributed by atoms with van der Waals surface area (Å²) in [6.07, 6.45) is 1.34. The predicted molar refractivity (Wildman–Crippen MR) is 97.9 cm³/mol. The predicted octanol–water partition coefficient (Wildman–Crippen LogP) is 2.68. The fourth-order valence-electron chi connectivity index (χ4n) is 3.39. The lowest BCUT2D eigenvalue weighted by Gasteiger charge is -1.99. The summed E-state index contributed by atoms with van der Waals surface area (Å²) in [4.78, 5) is 19.3. The number of aliphatic hydroxyl groups is 1. The lowest BCUT2D eigenvalue weighted by atomic mass is 10.1. The summed E-state index contributed by atoms with van der Waals surface area (Å²) in [6, 6.07) is 13.6. The first-order valence-electron chi connectivity index (χ1n) is 8.23. The number of H-pyrrole nitrogens is 1. The van der Waals surface area contributed by atoms with Crippen molar-refractivity contribution in [2.45, 2.75) is 6.54 Å². The van der Waals surface area contributed by atoms with E-state index in [9.17, 15) is 9.90 Å². The number of nitrogens with zero attached hydrogens (tertiary/aromatic N) is 3. The van der Waals surface area contributed by atoms with Crippen LogP contribution in [0.15, 0.2) is 58.0 Å². The van der Waals surface area contributed by atoms with Gasteiger partial charge in [0.15, 0.2) is 5.65 Å². The highest BCUT2D eigenvalue weighted by molar-refractivity contribution is 6.11. The zero-order valence-electron chi connectivity index (χ0n) is 13.6. The van der Waals surface area contributed by atoms with Crippen molar-refractivity contribution in [2.24, 2.45) is 0 Å². The van der Waals surface area contributed by atoms with Gasteiger partial charge in [-0.3, -0.25) is 4.79 Å². The molecule has 0 aliphatic heterocycles. The topological polar surface area (TPSA) is 96.9 Å². The van der Waals surface area contributed by atoms with Crippen LogP contribution >= 0.6 is 0 Å². The first-order chi connectivity index (χ1) is 12.8. The number of furan rings is 1. The molecule has 0 bridgehead atoms. The number of hydrogen-bond acceptors (Lipinski definition) is 5. The Morgan fingerprint density at radius 2 is 1.96 bits per heavy atom. The first kappa shape index (κ1) is 14.9. The zero-order chi connectivity index (χ0) is 17.7. The van der Waals surface area contributed by atoms with Crippen LogP contribution in [0, 0.1) is 0 Å². The Morgan fingerprint density at radius 1 is 1.12 bits per heavy atom. The summed E-state index contributed by atoms with van der Waals surface area (Å²) < 4.78 is 7.61. The van der Waals surface area contributed by atoms with Gasteiger partial charge in [0.2, 0.25) is 0 Å². The second-order valence-corrected chi connectivity index (χ2v) is 6.01. The molecule has 128 valence electrons. The summed E-state index contributed by atoms with van der Waals surface area (Å²) in [5.41, 5.74) is 2.83. The van der Waals surface area contributed by atoms with Gasteiger partial charge in [-0.1, -0.05) is 30.3 Å². The third kappa shape index (κ3) is 2.01. The number of para-hydroxylation sites is 2. The Bertz CT molecular complexity index is 1330. The maximum atomic E-state index is 12.5. The molecule has 0 spiro atoms. The van der Waals surface area contributed by atoms with E-state index in [-0.39, 0.29) is 18.7 Å². The van der Waals surface area contributed by atoms with Gasteiger partial charge in [-0.15, -0.1) is 0 Å². The molecule has 3 aromatic heterocycles. The third-order valence-corrected chi connectivity index (χ3v) is 4.51. The van der Waals surface area contributed by atoms with Crippen molar-refractivity contribution < 1.29 is 9.52 Å². The molecule has 0 unspecified atom stereocenters. The molecule has 2 aromatic carbocycles. The lowest BCUT2D eigenvalue weighted by molar-refractivity contribution is 0.271. The average Bonchev–Trinajstić information content (AvgIpc) is 3.22. The molecule has 0 saturated heterocycles. The molecule has 7 heteroatoms. The molecule has 2 N–H and O–H groups in total. The summed E-state index contributed by atoms with van der Waals surface area (Å²) in [5.74, 6) is 0. The van der Waals surface area contributed by atoms with E-state index in [4.69, 9.17) is 4.42 Å². The number of hydrogen-bond donors (Lipinski definition) is 2. The van der Waals surface area contributed by atoms with E-state index in [1.54, 1.807) is 4.68 Å². The molecule has 3 heterocycles. The van der Waals surface area contributed by atoms with Crippen LogP contribution in [-0.4, -0.2) is 31.5 Å². The van der Waals surface area contributed by atoms with Crippen LogP contribution in [0.2, 0.25) is 0 Å². The number of benzene rings is 2. The molecule has 0 aliphatic rings. The van der Waals surface area contributed by atoms with Crippen LogP contribution < -0.4 is 5.56 Å². The summed E-state index contributed by atoms with van der Waals surface area (Å²) in [5, 5.41) is 16.2. The van der Waals surface area contributed by atoms with E-state index < -0.39 is 0 Å². The normalized spacial score (nSPS) is 11.7. The quantitative estimate of drug-likeness (QED) is 0.523. The van der Waals surface area contributed by atoms with Crippen molar-refractivity contribution in [1.82, 2.24) is 19.7 Å². The molecule has 0 aliphatic carbocycles. The standard InChI is InChI=1S/C19H14N4O3/c24-9-8-23-18-15(19(25)21-10-20-18)16(22-23)13-6-3-5-12-11-4-1-2-7-14(11)26-17(12)13/h1-7,10,24H,8-9H2,(H,20,21,25). The third-order valence-electron chi connectivity index (χ3n) is 4.51. The Balaban J connectivity index is 1.90. The van der Waals surface area contributed by atoms with Crippen molar-refractivity contribution in [1.29, 1.82) is 0 Å². The van der Waals surface area contributed by atoms with Gasteiger partial charge in [0, 0.05) is 16.3 Å². The van der Waals surface area contributed by atoms with Gasteiger partial charge in [0.25, 0.3) is 5.56 Å². The Morgan fingerprint density at radius 3 is 2.85 bits per heavy atom. The molecule has 0 atom stereocenters. The number of aromatic amines is 1. The number of fused-ring (bicyclic) bond motifs is 4. The minimum Gasteiger partial charge on any atom is -0.455 e. The highest BCUT2D eigenvalue weighted by Crippen LogP contribution is 2.36. The molecule has 5 rings (SSSR count). The molecule has 0 fully saturated rings. The van der Waals surface area contributed by atoms with Crippen LogP contribution in [0.4, 0.5) is 0 Å². The van der Waals surface area contributed by atoms with Gasteiger partial charge in [-0.05, 0) is 12.1 Å². The number of aromatic nitrogens is 4. The van der Waals surface area contributed by atoms with Crippen molar-refractivity contribution in [3.05, 3.63) is 59.1 Å². The zero-order valence-corrected chi connectivity index (χ0v) is 13.6. The van der Waals surface area contributed by atoms with Gasteiger partial charge < -0.3 is 14.5 Å². The summed E-state index contributed by atoms with van der Waals surface area (Å²) in [6.45, 7) is 0.155. The highest BCUT2D eigenvalue weighted by Gasteiger charge is 2.20. The van der Waals surface area contributed by atoms with Gasteiger partial charge >= 0.3 is 0 Å². The van der Waals surface area contributed by atoms with Gasteiger partial charge in [-0.2, -0.15) is 5.10 Å². The van der Waals surface area contributed by atoms with Gasteiger partial charge in [0.1, 0.15) is 22.2 Å². The molecule has 0 radical (unpaired) electrons. The SMILES string of the molecule is O=c1[nH]cnc2c1c(-c1cccc3c1oc1ccccc13)nn2CCO. The first-order valence-corrected chi connectivity index (χ1v) is 8.23. The van der Waals surface area contributed by atoms with Crippen molar-refractivity contribution >= 4 is 33.0 Å². The largest absolute Gasteiger partial charge is 0.455 e. The van der Waals surface area contributed by atoms with E-state index >= 15 is 0 Å². The molecule has 0 saturated carbocycles. The van der Waals surface area contributed by atoms with E-state index in [2.05, 4.69) is 15.1 Å². The maximum Gasteiger partial charge on any atom is 0.262 e. The monoisotopic (exact) mass is 346 g/mol. The molecule has 7 nitrogen and oxygen atoms in total. The Kier molecular flexibility index (Phi) is 3.16. The number of nitrogens with one attached hydrogen (secondary N) is 1. The fourth-order valence-corrected chi connectivity index (χ4v) is 3.39. The number of aliphatic hydroxyl groups excluding tert-OH is 1. The smallest absolute Gasteiger partial charge is 0.262 e. The van der Waals surface area contributed by atoms with Crippen LogP contribution in [0.3, 0.4) is 0 Å². The number of rotatable bonds is 3. The second kappa shape index (κ2) is 5.53. The van der Waals surface area contributed by atoms with E-state index in [1.807, 2.05) is 42.5 Å². The molecular formula is C19H14N4O3. The van der Waals surface area contributed by atoms with E-state index in [1.165, 1.54) is 6.33 Å². The van der Waals surface area contributed by atoms with Gasteiger partial charge in [-0.25, -0.2) is 9.67 Å². The van der Waals surface area contributed by atoms with Crippen molar-refractivity contribution in [3.63, 3.8) is 0 Å². The van der Waals surface area contributed by atoms with Crippen molar-refractivity contribution in [2.75, 3.05) is 6.61 Å². The van der Waals surface area contributed by atoms with E-state index in [0.717, 1.165) is 21.9 Å². The maximum absolute atomic E-state index is 12.5. The van der Waals surface area contributed by atoms with Crippen molar-refractivity contribution in [3.8, 4) is 11.3 Å². The Labute approximate surface area is 146 Å². The lowest BCUT2D eigenvalue weighted by Crippen LogP contribution is -2.08. The van der Waals surface area contributed by atoms with Crippen LogP contribution in [0.1, 0.15) is 0 Å². The average molecular weight is 346 g/mol. The molecule has 5 aromatic rings. The molecule has 0 amide bonds. The van der Waals surface area contributed by atoms with E-state index in [0.29, 0.717) is 22.3 Å². The van der Waals surface area contributed by atoms with Gasteiger partial charge in [0.05, 0.1) is 19.5 Å². The molecule has 26 heavy (non-hydrogen) atoms. The summed E-state index contributed by atoms with van der Waals surface area (Å²) in [7, 11) is 0. The fraction of sp³-hybridized carbons (Fsp3) is 0.105. The Hall–Kier alpha value is -3.45. The second-order valence-electron chi connectivity index (χ2n) is 6.01. The van der Waals surface area contributed by atoms with Crippen LogP contribution in [0.25, 0.3) is 44.2 Å². The van der Waals surface area contributed by atoms with Crippen LogP contribution in [0.5, 0.6) is 0 Å².